The van der Waals surface area contributed by atoms with Gasteiger partial charge in [-0.05, 0) is 67.0 Å². The molecule has 1 saturated heterocycles. The topological polar surface area (TPSA) is 89.3 Å². The molecule has 9 nitrogen and oxygen atoms in total. The highest BCUT2D eigenvalue weighted by Gasteiger charge is 2.31. The van der Waals surface area contributed by atoms with Crippen molar-refractivity contribution in [3.8, 4) is 5.75 Å². The number of tetrazole rings is 1. The maximum atomic E-state index is 13.3. The number of benzene rings is 1. The molecule has 0 aliphatic carbocycles. The van der Waals surface area contributed by atoms with Crippen LogP contribution < -0.4 is 4.74 Å². The van der Waals surface area contributed by atoms with E-state index in [1.165, 1.54) is 16.9 Å². The van der Waals surface area contributed by atoms with Crippen molar-refractivity contribution in [1.29, 1.82) is 0 Å². The molecular formula is C27H32F3N7O2. The number of rotatable bonds is 9. The molecule has 1 atom stereocenters. The van der Waals surface area contributed by atoms with E-state index in [1.54, 1.807) is 24.1 Å². The Kier molecular flexibility index (Phi) is 8.95. The van der Waals surface area contributed by atoms with Gasteiger partial charge in [0.25, 0.3) is 0 Å². The number of amides is 1. The molecule has 1 aromatic carbocycles. The monoisotopic (exact) mass is 543 g/mol. The maximum Gasteiger partial charge on any atom is 0.416 e. The minimum Gasteiger partial charge on any atom is -0.492 e. The number of hydrogen-bond acceptors (Lipinski definition) is 7. The summed E-state index contributed by atoms with van der Waals surface area (Å²) in [7, 11) is 0. The number of carbonyl (C=O) groups is 1. The molecule has 0 bridgehead atoms. The minimum atomic E-state index is -4.49. The third-order valence-electron chi connectivity index (χ3n) is 6.39. The van der Waals surface area contributed by atoms with Crippen LogP contribution >= 0.6 is 0 Å². The Hall–Kier alpha value is -3.80. The van der Waals surface area contributed by atoms with E-state index < -0.39 is 11.7 Å². The van der Waals surface area contributed by atoms with Gasteiger partial charge in [-0.2, -0.15) is 18.0 Å². The number of aryl methyl sites for hydroxylation is 1. The molecule has 0 saturated carbocycles. The molecule has 1 aliphatic rings. The van der Waals surface area contributed by atoms with Gasteiger partial charge in [-0.25, -0.2) is 0 Å². The van der Waals surface area contributed by atoms with E-state index in [2.05, 4.69) is 25.3 Å². The second kappa shape index (κ2) is 12.4. The quantitative estimate of drug-likeness (QED) is 0.377. The third kappa shape index (κ3) is 7.62. The van der Waals surface area contributed by atoms with Crippen LogP contribution in [-0.2, 0) is 24.1 Å². The van der Waals surface area contributed by atoms with Gasteiger partial charge in [0.05, 0.1) is 30.6 Å². The van der Waals surface area contributed by atoms with Crippen molar-refractivity contribution < 1.29 is 22.7 Å². The summed E-state index contributed by atoms with van der Waals surface area (Å²) in [6.07, 6.45) is 1.13. The average molecular weight is 544 g/mol. The van der Waals surface area contributed by atoms with E-state index in [0.29, 0.717) is 49.7 Å². The summed E-state index contributed by atoms with van der Waals surface area (Å²) in [5.41, 5.74) is 0.968. The first-order valence-electron chi connectivity index (χ1n) is 12.9. The summed E-state index contributed by atoms with van der Waals surface area (Å²) in [4.78, 5) is 22.8. The van der Waals surface area contributed by atoms with Crippen molar-refractivity contribution >= 4 is 12.0 Å². The van der Waals surface area contributed by atoms with Crippen LogP contribution in [0.15, 0.2) is 42.6 Å². The second-order valence-corrected chi connectivity index (χ2v) is 9.56. The smallest absolute Gasteiger partial charge is 0.416 e. The van der Waals surface area contributed by atoms with E-state index in [4.69, 9.17) is 4.74 Å². The van der Waals surface area contributed by atoms with Crippen LogP contribution in [0.5, 0.6) is 5.75 Å². The lowest BCUT2D eigenvalue weighted by molar-refractivity contribution is -0.137. The van der Waals surface area contributed by atoms with Gasteiger partial charge in [-0.15, -0.1) is 10.2 Å². The Labute approximate surface area is 225 Å². The number of nitrogens with zero attached hydrogens (tertiary/aromatic N) is 7. The molecule has 1 amide bonds. The lowest BCUT2D eigenvalue weighted by Crippen LogP contribution is -2.53. The van der Waals surface area contributed by atoms with Gasteiger partial charge in [0.15, 0.2) is 5.82 Å². The van der Waals surface area contributed by atoms with Gasteiger partial charge in [0.1, 0.15) is 5.75 Å². The molecule has 0 unspecified atom stereocenters. The summed E-state index contributed by atoms with van der Waals surface area (Å²) < 4.78 is 45.6. The van der Waals surface area contributed by atoms with Crippen LogP contribution in [-0.4, -0.2) is 73.2 Å². The fraction of sp³-hybridized carbons (Fsp3) is 0.444. The molecule has 1 fully saturated rings. The van der Waals surface area contributed by atoms with Crippen molar-refractivity contribution in [3.05, 3.63) is 70.8 Å². The van der Waals surface area contributed by atoms with Gasteiger partial charge in [-0.3, -0.25) is 14.7 Å². The van der Waals surface area contributed by atoms with Crippen molar-refractivity contribution in [1.82, 2.24) is 35.0 Å². The molecule has 0 spiro atoms. The van der Waals surface area contributed by atoms with E-state index in [-0.39, 0.29) is 18.5 Å². The highest BCUT2D eigenvalue weighted by atomic mass is 19.4. The van der Waals surface area contributed by atoms with Gasteiger partial charge >= 0.3 is 6.18 Å². The highest BCUT2D eigenvalue weighted by molar-refractivity contribution is 5.92. The van der Waals surface area contributed by atoms with Gasteiger partial charge < -0.3 is 9.64 Å². The van der Waals surface area contributed by atoms with E-state index in [0.717, 1.165) is 30.0 Å². The first-order valence-corrected chi connectivity index (χ1v) is 12.9. The molecule has 0 radical (unpaired) electrons. The molecule has 2 aromatic heterocycles. The SMILES string of the molecule is CCCOc1ccc(CN2CCN(C(=O)/C=C/c3ccc(C(F)(F)F)cc3Cn3nnc(C)n3)[C@H](C)C2)nc1. The summed E-state index contributed by atoms with van der Waals surface area (Å²) in [5.74, 6) is 0.967. The minimum absolute atomic E-state index is 0.00650. The number of carbonyl (C=O) groups excluding carboxylic acids is 1. The lowest BCUT2D eigenvalue weighted by Gasteiger charge is -2.39. The largest absolute Gasteiger partial charge is 0.492 e. The molecule has 208 valence electrons. The number of piperazine rings is 1. The van der Waals surface area contributed by atoms with Crippen LogP contribution in [0.1, 0.15) is 48.5 Å². The maximum absolute atomic E-state index is 13.3. The molecule has 4 rings (SSSR count). The standard InChI is InChI=1S/C27H32F3N7O2/c1-4-13-39-25-9-8-24(31-15-25)18-35-11-12-36(19(2)16-35)26(38)10-6-21-5-7-23(27(28,29)30)14-22(21)17-37-33-20(3)32-34-37/h5-10,14-15,19H,4,11-13,16-18H2,1-3H3/b10-6+/t19-/m1/s1. The zero-order valence-corrected chi connectivity index (χ0v) is 22.2. The third-order valence-corrected chi connectivity index (χ3v) is 6.39. The number of ether oxygens (including phenoxy) is 1. The Morgan fingerprint density at radius 2 is 2.00 bits per heavy atom. The first kappa shape index (κ1) is 28.2. The van der Waals surface area contributed by atoms with Crippen LogP contribution in [0, 0.1) is 6.92 Å². The molecule has 3 heterocycles. The summed E-state index contributed by atoms with van der Waals surface area (Å²) in [5, 5.41) is 11.7. The van der Waals surface area contributed by atoms with E-state index in [9.17, 15) is 18.0 Å². The van der Waals surface area contributed by atoms with Crippen molar-refractivity contribution in [2.24, 2.45) is 0 Å². The van der Waals surface area contributed by atoms with Gasteiger partial charge in [-0.1, -0.05) is 13.0 Å². The second-order valence-electron chi connectivity index (χ2n) is 9.56. The van der Waals surface area contributed by atoms with Crippen LogP contribution in [0.4, 0.5) is 13.2 Å². The van der Waals surface area contributed by atoms with E-state index >= 15 is 0 Å². The molecule has 3 aromatic rings. The first-order chi connectivity index (χ1) is 18.6. The number of alkyl halides is 3. The zero-order chi connectivity index (χ0) is 28.0. The summed E-state index contributed by atoms with van der Waals surface area (Å²) >= 11 is 0. The Morgan fingerprint density at radius 3 is 2.64 bits per heavy atom. The van der Waals surface area contributed by atoms with Gasteiger partial charge in [0, 0.05) is 38.3 Å². The van der Waals surface area contributed by atoms with Crippen LogP contribution in [0.25, 0.3) is 6.08 Å². The number of pyridine rings is 1. The molecular weight excluding hydrogens is 511 g/mol. The van der Waals surface area contributed by atoms with E-state index in [1.807, 2.05) is 26.0 Å². The van der Waals surface area contributed by atoms with Crippen molar-refractivity contribution in [2.75, 3.05) is 26.2 Å². The zero-order valence-electron chi connectivity index (χ0n) is 22.2. The normalized spacial score (nSPS) is 16.7. The fourth-order valence-corrected chi connectivity index (χ4v) is 4.42. The molecule has 1 aliphatic heterocycles. The summed E-state index contributed by atoms with van der Waals surface area (Å²) in [6.45, 7) is 8.89. The summed E-state index contributed by atoms with van der Waals surface area (Å²) in [6, 6.07) is 7.25. The van der Waals surface area contributed by atoms with Crippen molar-refractivity contribution in [2.45, 2.75) is 52.5 Å². The Morgan fingerprint density at radius 1 is 1.18 bits per heavy atom. The fourth-order valence-electron chi connectivity index (χ4n) is 4.42. The molecule has 39 heavy (non-hydrogen) atoms. The van der Waals surface area contributed by atoms with Crippen molar-refractivity contribution in [3.63, 3.8) is 0 Å². The predicted octanol–water partition coefficient (Wildman–Crippen LogP) is 3.98. The number of aromatic nitrogens is 5. The number of hydrogen-bond donors (Lipinski definition) is 0. The predicted molar refractivity (Wildman–Crippen MR) is 139 cm³/mol. The van der Waals surface area contributed by atoms with Crippen LogP contribution in [0.3, 0.4) is 0 Å². The Bertz CT molecular complexity index is 1290. The average Bonchev–Trinajstić information content (AvgIpc) is 3.31. The highest BCUT2D eigenvalue weighted by Crippen LogP contribution is 2.31. The molecule has 0 N–H and O–H groups in total. The molecule has 12 heteroatoms. The van der Waals surface area contributed by atoms with Crippen LogP contribution in [0.2, 0.25) is 0 Å². The lowest BCUT2D eigenvalue weighted by atomic mass is 10.0. The van der Waals surface area contributed by atoms with Gasteiger partial charge in [0.2, 0.25) is 5.91 Å². The number of halogens is 3. The Balaban J connectivity index is 1.39.